The molecule has 0 aliphatic carbocycles. The molecule has 1 N–H and O–H groups in total. The van der Waals surface area contributed by atoms with E-state index in [9.17, 15) is 0 Å². The average Bonchev–Trinajstić information content (AvgIpc) is 2.47. The summed E-state index contributed by atoms with van der Waals surface area (Å²) in [5, 5.41) is 0. The lowest BCUT2D eigenvalue weighted by Crippen LogP contribution is -1.75. The van der Waals surface area contributed by atoms with Crippen molar-refractivity contribution in [3.8, 4) is 11.3 Å². The van der Waals surface area contributed by atoms with Crippen LogP contribution in [0.4, 0.5) is 0 Å². The maximum atomic E-state index is 7.53. The van der Waals surface area contributed by atoms with Gasteiger partial charge in [-0.2, -0.15) is 0 Å². The number of benzene rings is 1. The Morgan fingerprint density at radius 1 is 1.33 bits per heavy atom. The molecule has 0 unspecified atom stereocenters. The smallest absolute Gasteiger partial charge is 0.104 e. The molecule has 60 valence electrons. The molecule has 1 heterocycles. The van der Waals surface area contributed by atoms with Crippen molar-refractivity contribution >= 4 is 15.9 Å². The van der Waals surface area contributed by atoms with Crippen LogP contribution in [0.2, 0.25) is 0 Å². The summed E-state index contributed by atoms with van der Waals surface area (Å²) in [5.41, 5.74) is 1.36. The number of halogens is 1. The SMILES string of the molecule is [2H]c1nc(-c2ccc(Br)cc2)c([2H])[nH]1. The molecule has 2 nitrogen and oxygen atoms in total. The third-order valence-electron chi connectivity index (χ3n) is 1.52. The predicted octanol–water partition coefficient (Wildman–Crippen LogP) is 2.84. The largest absolute Gasteiger partial charge is 0.351 e. The van der Waals surface area contributed by atoms with Crippen molar-refractivity contribution in [1.29, 1.82) is 0 Å². The highest BCUT2D eigenvalue weighted by atomic mass is 79.9. The van der Waals surface area contributed by atoms with Crippen molar-refractivity contribution in [2.75, 3.05) is 0 Å². The van der Waals surface area contributed by atoms with E-state index in [0.717, 1.165) is 10.0 Å². The van der Waals surface area contributed by atoms with Gasteiger partial charge < -0.3 is 4.98 Å². The first-order chi connectivity index (χ1) is 6.66. The van der Waals surface area contributed by atoms with Crippen LogP contribution in [-0.2, 0) is 0 Å². The summed E-state index contributed by atoms with van der Waals surface area (Å²) >= 11 is 3.33. The fraction of sp³-hybridized carbons (Fsp3) is 0. The molecule has 2 aromatic rings. The van der Waals surface area contributed by atoms with Crippen molar-refractivity contribution in [3.63, 3.8) is 0 Å². The predicted molar refractivity (Wildman–Crippen MR) is 51.7 cm³/mol. The topological polar surface area (TPSA) is 28.7 Å². The lowest BCUT2D eigenvalue weighted by molar-refractivity contribution is 1.31. The highest BCUT2D eigenvalue weighted by molar-refractivity contribution is 9.10. The van der Waals surface area contributed by atoms with E-state index in [0.29, 0.717) is 5.69 Å². The fourth-order valence-electron chi connectivity index (χ4n) is 0.943. The molecule has 0 aliphatic heterocycles. The van der Waals surface area contributed by atoms with Gasteiger partial charge >= 0.3 is 0 Å². The Balaban J connectivity index is 2.49. The quantitative estimate of drug-likeness (QED) is 0.794. The Bertz CT molecular complexity index is 450. The molecule has 0 bridgehead atoms. The molecule has 0 fully saturated rings. The Kier molecular flexibility index (Phi) is 1.43. The van der Waals surface area contributed by atoms with Gasteiger partial charge in [0.15, 0.2) is 0 Å². The molecule has 3 heteroatoms. The highest BCUT2D eigenvalue weighted by Gasteiger charge is 1.97. The van der Waals surface area contributed by atoms with Crippen LogP contribution in [0.15, 0.2) is 41.2 Å². The van der Waals surface area contributed by atoms with Crippen LogP contribution in [0.1, 0.15) is 2.74 Å². The second-order valence-corrected chi connectivity index (χ2v) is 3.24. The van der Waals surface area contributed by atoms with Gasteiger partial charge in [-0.05, 0) is 12.1 Å². The van der Waals surface area contributed by atoms with Crippen LogP contribution in [0, 0.1) is 0 Å². The number of hydrogen-bond acceptors (Lipinski definition) is 1. The first kappa shape index (κ1) is 5.54. The van der Waals surface area contributed by atoms with E-state index in [1.807, 2.05) is 24.3 Å². The summed E-state index contributed by atoms with van der Waals surface area (Å²) in [4.78, 5) is 6.45. The summed E-state index contributed by atoms with van der Waals surface area (Å²) in [6.07, 6.45) is 0.199. The van der Waals surface area contributed by atoms with Crippen molar-refractivity contribution in [2.24, 2.45) is 0 Å². The zero-order chi connectivity index (χ0) is 10.1. The maximum absolute atomic E-state index is 7.53. The molecular weight excluding hydrogens is 216 g/mol. The van der Waals surface area contributed by atoms with Gasteiger partial charge in [-0.3, -0.25) is 0 Å². The molecule has 0 saturated heterocycles. The van der Waals surface area contributed by atoms with Crippen LogP contribution < -0.4 is 0 Å². The minimum absolute atomic E-state index is 0.0212. The number of hydrogen-bond donors (Lipinski definition) is 1. The van der Waals surface area contributed by atoms with Gasteiger partial charge in [0.05, 0.1) is 13.4 Å². The number of rotatable bonds is 1. The van der Waals surface area contributed by atoms with E-state index in [1.165, 1.54) is 0 Å². The molecule has 0 atom stereocenters. The van der Waals surface area contributed by atoms with E-state index >= 15 is 0 Å². The molecule has 0 saturated carbocycles. The lowest BCUT2D eigenvalue weighted by Gasteiger charge is -1.94. The summed E-state index contributed by atoms with van der Waals surface area (Å²) in [6, 6.07) is 7.48. The number of aromatic nitrogens is 2. The molecule has 0 amide bonds. The highest BCUT2D eigenvalue weighted by Crippen LogP contribution is 2.18. The van der Waals surface area contributed by atoms with E-state index in [2.05, 4.69) is 25.9 Å². The van der Waals surface area contributed by atoms with E-state index in [1.54, 1.807) is 0 Å². The Hall–Kier alpha value is -1.09. The zero-order valence-corrected chi connectivity index (χ0v) is 7.72. The first-order valence-corrected chi connectivity index (χ1v) is 4.25. The van der Waals surface area contributed by atoms with E-state index in [-0.39, 0.29) is 12.5 Å². The zero-order valence-electron chi connectivity index (χ0n) is 8.13. The monoisotopic (exact) mass is 224 g/mol. The third kappa shape index (κ3) is 1.41. The Morgan fingerprint density at radius 2 is 2.08 bits per heavy atom. The van der Waals surface area contributed by atoms with Gasteiger partial charge in [0.25, 0.3) is 0 Å². The minimum atomic E-state index is 0.0212. The van der Waals surface area contributed by atoms with Gasteiger partial charge in [-0.1, -0.05) is 28.1 Å². The molecule has 0 radical (unpaired) electrons. The standard InChI is InChI=1S/C9H7BrN2/c10-8-3-1-7(2-4-8)9-5-11-6-12-9/h1-6H,(H,11,12)/i5D,6D. The molecule has 0 spiro atoms. The summed E-state index contributed by atoms with van der Waals surface area (Å²) in [5.74, 6) is 0. The molecule has 1 aromatic carbocycles. The summed E-state index contributed by atoms with van der Waals surface area (Å²) < 4.78 is 15.8. The van der Waals surface area contributed by atoms with Crippen molar-refractivity contribution in [3.05, 3.63) is 41.2 Å². The first-order valence-electron chi connectivity index (χ1n) is 4.46. The fourth-order valence-corrected chi connectivity index (χ4v) is 1.21. The van der Waals surface area contributed by atoms with E-state index < -0.39 is 0 Å². The van der Waals surface area contributed by atoms with Crippen molar-refractivity contribution in [1.82, 2.24) is 9.97 Å². The molecule has 12 heavy (non-hydrogen) atoms. The van der Waals surface area contributed by atoms with Gasteiger partial charge in [0.1, 0.15) is 1.37 Å². The Morgan fingerprint density at radius 3 is 2.67 bits per heavy atom. The normalized spacial score (nSPS) is 12.4. The number of nitrogens with one attached hydrogen (secondary N) is 1. The second-order valence-electron chi connectivity index (χ2n) is 2.33. The van der Waals surface area contributed by atoms with Crippen LogP contribution in [0.5, 0.6) is 0 Å². The number of imidazole rings is 1. The van der Waals surface area contributed by atoms with Gasteiger partial charge in [0.2, 0.25) is 0 Å². The van der Waals surface area contributed by atoms with Crippen molar-refractivity contribution in [2.45, 2.75) is 0 Å². The maximum Gasteiger partial charge on any atom is 0.104 e. The molecule has 1 aromatic heterocycles. The third-order valence-corrected chi connectivity index (χ3v) is 2.05. The molecular formula is C9H7BrN2. The number of H-pyrrole nitrogens is 1. The Labute approximate surface area is 81.6 Å². The average molecular weight is 225 g/mol. The minimum Gasteiger partial charge on any atom is -0.351 e. The molecule has 2 rings (SSSR count). The van der Waals surface area contributed by atoms with Gasteiger partial charge in [0, 0.05) is 16.2 Å². The van der Waals surface area contributed by atoms with Gasteiger partial charge in [-0.15, -0.1) is 0 Å². The number of aromatic amines is 1. The van der Waals surface area contributed by atoms with Crippen LogP contribution >= 0.6 is 15.9 Å². The van der Waals surface area contributed by atoms with Crippen LogP contribution in [0.3, 0.4) is 0 Å². The summed E-state index contributed by atoms with van der Waals surface area (Å²) in [6.45, 7) is 0. The van der Waals surface area contributed by atoms with Crippen LogP contribution in [0.25, 0.3) is 11.3 Å². The molecule has 0 aliphatic rings. The van der Waals surface area contributed by atoms with E-state index in [4.69, 9.17) is 2.74 Å². The number of nitrogens with zero attached hydrogens (tertiary/aromatic N) is 1. The van der Waals surface area contributed by atoms with Gasteiger partial charge in [-0.25, -0.2) is 4.98 Å². The lowest BCUT2D eigenvalue weighted by atomic mass is 10.2. The summed E-state index contributed by atoms with van der Waals surface area (Å²) in [7, 11) is 0. The van der Waals surface area contributed by atoms with Crippen LogP contribution in [-0.4, -0.2) is 9.97 Å². The second kappa shape index (κ2) is 3.11. The van der Waals surface area contributed by atoms with Crippen molar-refractivity contribution < 1.29 is 2.74 Å².